The molecule has 5 nitrogen and oxygen atoms in total. The van der Waals surface area contributed by atoms with E-state index in [9.17, 15) is 4.79 Å². The van der Waals surface area contributed by atoms with Crippen LogP contribution in [-0.4, -0.2) is 26.1 Å². The molecule has 0 unspecified atom stereocenters. The summed E-state index contributed by atoms with van der Waals surface area (Å²) < 4.78 is 1.92. The van der Waals surface area contributed by atoms with E-state index in [4.69, 9.17) is 5.11 Å². The summed E-state index contributed by atoms with van der Waals surface area (Å²) in [6.07, 6.45) is -0.0654. The predicted octanol–water partition coefficient (Wildman–Crippen LogP) is 0.205. The van der Waals surface area contributed by atoms with Gasteiger partial charge in [0.15, 0.2) is 4.60 Å². The van der Waals surface area contributed by atoms with Gasteiger partial charge in [-0.25, -0.2) is 0 Å². The second kappa shape index (κ2) is 3.00. The third-order valence-corrected chi connectivity index (χ3v) is 1.83. The molecule has 0 saturated heterocycles. The van der Waals surface area contributed by atoms with Crippen LogP contribution in [0.1, 0.15) is 5.69 Å². The molecule has 60 valence electrons. The molecule has 0 radical (unpaired) electrons. The van der Waals surface area contributed by atoms with Gasteiger partial charge in [-0.15, -0.1) is 5.10 Å². The molecule has 1 heterocycles. The number of aryl methyl sites for hydroxylation is 1. The van der Waals surface area contributed by atoms with Gasteiger partial charge < -0.3 is 5.11 Å². The maximum Gasteiger partial charge on any atom is 0.309 e. The Labute approximate surface area is 71.1 Å². The molecule has 0 aliphatic heterocycles. The van der Waals surface area contributed by atoms with E-state index in [0.29, 0.717) is 10.3 Å². The van der Waals surface area contributed by atoms with E-state index in [0.717, 1.165) is 0 Å². The van der Waals surface area contributed by atoms with E-state index in [1.54, 1.807) is 7.05 Å². The molecule has 1 rings (SSSR count). The lowest BCUT2D eigenvalue weighted by atomic mass is 10.3. The first kappa shape index (κ1) is 8.19. The summed E-state index contributed by atoms with van der Waals surface area (Å²) in [5.41, 5.74) is 0.567. The minimum atomic E-state index is -0.892. The lowest BCUT2D eigenvalue weighted by molar-refractivity contribution is -0.136. The summed E-state index contributed by atoms with van der Waals surface area (Å²) >= 11 is 3.09. The zero-order chi connectivity index (χ0) is 8.43. The van der Waals surface area contributed by atoms with Crippen LogP contribution in [0.15, 0.2) is 4.60 Å². The van der Waals surface area contributed by atoms with Crippen LogP contribution in [-0.2, 0) is 18.3 Å². The highest BCUT2D eigenvalue weighted by atomic mass is 79.9. The summed E-state index contributed by atoms with van der Waals surface area (Å²) in [4.78, 5) is 10.3. The van der Waals surface area contributed by atoms with Crippen molar-refractivity contribution >= 4 is 21.9 Å². The molecule has 0 aromatic carbocycles. The lowest BCUT2D eigenvalue weighted by Crippen LogP contribution is -2.06. The SMILES string of the molecule is Cn1nnc(Br)c1CC(=O)O. The van der Waals surface area contributed by atoms with Crippen molar-refractivity contribution < 1.29 is 9.90 Å². The summed E-state index contributed by atoms with van der Waals surface area (Å²) in [6, 6.07) is 0. The van der Waals surface area contributed by atoms with Gasteiger partial charge in [0.2, 0.25) is 0 Å². The quantitative estimate of drug-likeness (QED) is 0.773. The summed E-state index contributed by atoms with van der Waals surface area (Å²) in [6.45, 7) is 0. The molecule has 1 aromatic rings. The minimum absolute atomic E-state index is 0.0654. The number of halogens is 1. The van der Waals surface area contributed by atoms with Crippen molar-refractivity contribution in [2.24, 2.45) is 7.05 Å². The zero-order valence-corrected chi connectivity index (χ0v) is 7.37. The first-order chi connectivity index (χ1) is 5.11. The molecule has 11 heavy (non-hydrogen) atoms. The summed E-state index contributed by atoms with van der Waals surface area (Å²) in [7, 11) is 1.65. The number of carboxylic acids is 1. The van der Waals surface area contributed by atoms with Crippen molar-refractivity contribution in [3.8, 4) is 0 Å². The third kappa shape index (κ3) is 1.76. The Bertz CT molecular complexity index is 264. The number of rotatable bonds is 2. The molecule has 0 spiro atoms. The Hall–Kier alpha value is -0.910. The number of aromatic nitrogens is 3. The minimum Gasteiger partial charge on any atom is -0.481 e. The van der Waals surface area contributed by atoms with E-state index in [1.165, 1.54) is 4.68 Å². The van der Waals surface area contributed by atoms with Crippen molar-refractivity contribution in [1.82, 2.24) is 15.0 Å². The molecule has 0 aliphatic carbocycles. The average molecular weight is 220 g/mol. The van der Waals surface area contributed by atoms with Crippen molar-refractivity contribution in [2.45, 2.75) is 6.42 Å². The normalized spacial score (nSPS) is 10.0. The topological polar surface area (TPSA) is 68.0 Å². The number of hydrogen-bond donors (Lipinski definition) is 1. The monoisotopic (exact) mass is 219 g/mol. The highest BCUT2D eigenvalue weighted by molar-refractivity contribution is 9.10. The van der Waals surface area contributed by atoms with Crippen molar-refractivity contribution in [3.63, 3.8) is 0 Å². The first-order valence-electron chi connectivity index (χ1n) is 2.87. The van der Waals surface area contributed by atoms with Gasteiger partial charge in [0, 0.05) is 7.05 Å². The molecule has 1 aromatic heterocycles. The number of carbonyl (C=O) groups is 1. The van der Waals surface area contributed by atoms with Crippen molar-refractivity contribution in [1.29, 1.82) is 0 Å². The number of carboxylic acid groups (broad SMARTS) is 1. The fraction of sp³-hybridized carbons (Fsp3) is 0.400. The second-order valence-electron chi connectivity index (χ2n) is 2.02. The van der Waals surface area contributed by atoms with Gasteiger partial charge in [0.25, 0.3) is 0 Å². The fourth-order valence-electron chi connectivity index (χ4n) is 0.682. The van der Waals surface area contributed by atoms with E-state index >= 15 is 0 Å². The summed E-state index contributed by atoms with van der Waals surface area (Å²) in [5.74, 6) is -0.892. The fourth-order valence-corrected chi connectivity index (χ4v) is 1.15. The molecule has 6 heteroatoms. The van der Waals surface area contributed by atoms with Crippen molar-refractivity contribution in [3.05, 3.63) is 10.3 Å². The van der Waals surface area contributed by atoms with Gasteiger partial charge in [0.1, 0.15) is 0 Å². The highest BCUT2D eigenvalue weighted by Gasteiger charge is 2.10. The second-order valence-corrected chi connectivity index (χ2v) is 2.77. The Kier molecular flexibility index (Phi) is 2.23. The lowest BCUT2D eigenvalue weighted by Gasteiger charge is -1.94. The van der Waals surface area contributed by atoms with Gasteiger partial charge in [0.05, 0.1) is 12.1 Å². The van der Waals surface area contributed by atoms with Crippen LogP contribution < -0.4 is 0 Å². The van der Waals surface area contributed by atoms with Crippen LogP contribution in [0.5, 0.6) is 0 Å². The van der Waals surface area contributed by atoms with Crippen LogP contribution in [0.25, 0.3) is 0 Å². The van der Waals surface area contributed by atoms with Crippen LogP contribution in [0.3, 0.4) is 0 Å². The number of aliphatic carboxylic acids is 1. The van der Waals surface area contributed by atoms with Gasteiger partial charge >= 0.3 is 5.97 Å². The van der Waals surface area contributed by atoms with E-state index < -0.39 is 5.97 Å². The van der Waals surface area contributed by atoms with Crippen LogP contribution in [0.4, 0.5) is 0 Å². The first-order valence-corrected chi connectivity index (χ1v) is 3.66. The molecule has 0 amide bonds. The predicted molar refractivity (Wildman–Crippen MR) is 40.0 cm³/mol. The van der Waals surface area contributed by atoms with Crippen LogP contribution >= 0.6 is 15.9 Å². The standard InChI is InChI=1S/C5H6BrN3O2/c1-9-3(2-4(10)11)5(6)7-8-9/h2H2,1H3,(H,10,11). The maximum absolute atomic E-state index is 10.3. The number of hydrogen-bond acceptors (Lipinski definition) is 3. The van der Waals surface area contributed by atoms with E-state index in [-0.39, 0.29) is 6.42 Å². The van der Waals surface area contributed by atoms with Crippen molar-refractivity contribution in [2.75, 3.05) is 0 Å². The average Bonchev–Trinajstić information content (AvgIpc) is 2.18. The van der Waals surface area contributed by atoms with Gasteiger partial charge in [-0.2, -0.15) is 0 Å². The molecule has 0 bridgehead atoms. The molecule has 0 saturated carbocycles. The van der Waals surface area contributed by atoms with Gasteiger partial charge in [-0.05, 0) is 15.9 Å². The van der Waals surface area contributed by atoms with E-state index in [2.05, 4.69) is 26.2 Å². The van der Waals surface area contributed by atoms with Crippen LogP contribution in [0, 0.1) is 0 Å². The molecular formula is C5H6BrN3O2. The molecular weight excluding hydrogens is 214 g/mol. The summed E-state index contributed by atoms with van der Waals surface area (Å²) in [5, 5.41) is 15.7. The van der Waals surface area contributed by atoms with Gasteiger partial charge in [-0.3, -0.25) is 9.48 Å². The Morgan fingerprint density at radius 3 is 2.82 bits per heavy atom. The smallest absolute Gasteiger partial charge is 0.309 e. The molecule has 1 N–H and O–H groups in total. The Morgan fingerprint density at radius 2 is 2.45 bits per heavy atom. The Balaban J connectivity index is 2.92. The highest BCUT2D eigenvalue weighted by Crippen LogP contribution is 2.11. The third-order valence-electron chi connectivity index (χ3n) is 1.21. The molecule has 0 aliphatic rings. The zero-order valence-electron chi connectivity index (χ0n) is 5.78. The maximum atomic E-state index is 10.3. The Morgan fingerprint density at radius 1 is 1.82 bits per heavy atom. The van der Waals surface area contributed by atoms with Crippen LogP contribution in [0.2, 0.25) is 0 Å². The van der Waals surface area contributed by atoms with E-state index in [1.807, 2.05) is 0 Å². The van der Waals surface area contributed by atoms with Gasteiger partial charge in [-0.1, -0.05) is 5.21 Å². The molecule has 0 atom stereocenters. The largest absolute Gasteiger partial charge is 0.481 e. The molecule has 0 fully saturated rings. The number of nitrogens with zero attached hydrogens (tertiary/aromatic N) is 3.